The molecule has 2 aliphatic carbocycles. The molecule has 1 aromatic carbocycles. The fourth-order valence-electron chi connectivity index (χ4n) is 7.08. The first-order chi connectivity index (χ1) is 15.7. The molecule has 32 heavy (non-hydrogen) atoms. The van der Waals surface area contributed by atoms with Gasteiger partial charge in [0, 0.05) is 23.5 Å². The minimum Gasteiger partial charge on any atom is -0.328 e. The van der Waals surface area contributed by atoms with Crippen LogP contribution in [-0.2, 0) is 17.9 Å². The van der Waals surface area contributed by atoms with E-state index >= 15 is 0 Å². The molecular formula is C27H40N4O+2. The number of fused-ring (bicyclic) bond motifs is 3. The molecule has 1 unspecified atom stereocenters. The number of piperazine rings is 1. The number of carbonyl (C=O) groups is 1. The smallest absolute Gasteiger partial charge is 0.279 e. The quantitative estimate of drug-likeness (QED) is 0.748. The maximum atomic E-state index is 13.3. The third-order valence-electron chi connectivity index (χ3n) is 9.00. The van der Waals surface area contributed by atoms with Gasteiger partial charge in [-0.3, -0.25) is 4.79 Å². The topological polar surface area (TPSA) is 34.1 Å². The molecule has 1 saturated heterocycles. The maximum Gasteiger partial charge on any atom is 0.279 e. The number of hydrogen-bond donors (Lipinski definition) is 2. The van der Waals surface area contributed by atoms with Gasteiger partial charge in [-0.2, -0.15) is 0 Å². The summed E-state index contributed by atoms with van der Waals surface area (Å²) in [5.41, 5.74) is 6.10. The molecule has 0 bridgehead atoms. The van der Waals surface area contributed by atoms with Crippen LogP contribution in [0.1, 0.15) is 73.6 Å². The summed E-state index contributed by atoms with van der Waals surface area (Å²) >= 11 is 0. The highest BCUT2D eigenvalue weighted by Gasteiger charge is 2.36. The molecule has 1 atom stereocenters. The number of aromatic nitrogens is 1. The molecule has 3 heterocycles. The highest BCUT2D eigenvalue weighted by Crippen LogP contribution is 2.43. The van der Waals surface area contributed by atoms with Gasteiger partial charge in [0.05, 0.1) is 19.2 Å². The van der Waals surface area contributed by atoms with Crippen molar-refractivity contribution in [2.45, 2.75) is 69.9 Å². The molecule has 2 aromatic rings. The van der Waals surface area contributed by atoms with E-state index in [1.807, 2.05) is 0 Å². The number of quaternary nitrogens is 2. The molecule has 1 amide bonds. The minimum absolute atomic E-state index is 0.359. The Bertz CT molecular complexity index is 997. The number of benzene rings is 1. The van der Waals surface area contributed by atoms with Gasteiger partial charge in [0.25, 0.3) is 5.91 Å². The Kier molecular flexibility index (Phi) is 5.50. The fraction of sp³-hybridized carbons (Fsp3) is 0.667. The summed E-state index contributed by atoms with van der Waals surface area (Å²) in [4.78, 5) is 18.6. The van der Waals surface area contributed by atoms with E-state index in [0.717, 1.165) is 32.2 Å². The van der Waals surface area contributed by atoms with E-state index < -0.39 is 0 Å². The normalized spacial score (nSPS) is 28.7. The van der Waals surface area contributed by atoms with E-state index in [4.69, 9.17) is 0 Å². The van der Waals surface area contributed by atoms with Crippen LogP contribution in [-0.4, -0.2) is 61.7 Å². The first kappa shape index (κ1) is 20.7. The summed E-state index contributed by atoms with van der Waals surface area (Å²) in [5.74, 6) is 1.63. The monoisotopic (exact) mass is 436 g/mol. The molecule has 2 fully saturated rings. The van der Waals surface area contributed by atoms with Crippen LogP contribution in [0.3, 0.4) is 0 Å². The Morgan fingerprint density at radius 2 is 1.78 bits per heavy atom. The lowest BCUT2D eigenvalue weighted by Crippen LogP contribution is -3.27. The molecule has 4 aliphatic rings. The van der Waals surface area contributed by atoms with Crippen LogP contribution in [0.2, 0.25) is 0 Å². The zero-order chi connectivity index (χ0) is 21.7. The predicted octanol–water partition coefficient (Wildman–Crippen LogP) is 1.32. The third-order valence-corrected chi connectivity index (χ3v) is 9.00. The van der Waals surface area contributed by atoms with Crippen molar-refractivity contribution >= 4 is 16.8 Å². The standard InChI is InChI=1S/C27H38N4O/c1-28-12-14-29(15-13-28)18-26(32)30-17-22-8-5-9-23-24-16-21(20-6-3-2-4-7-20)10-11-25(24)31(19-30)27(22)23/h10-11,16,20,22H,2-9,12-15,17-19H2,1H3/p+2. The van der Waals surface area contributed by atoms with Crippen LogP contribution in [0.4, 0.5) is 0 Å². The van der Waals surface area contributed by atoms with Crippen molar-refractivity contribution in [2.75, 3.05) is 46.3 Å². The molecule has 1 aromatic heterocycles. The average Bonchev–Trinajstić information content (AvgIpc) is 3.15. The highest BCUT2D eigenvalue weighted by molar-refractivity contribution is 5.87. The SMILES string of the molecule is C[NH+]1CC[NH+](CC(=O)N2CC3CCCc4c3n(c3ccc(C5CCCCC5)cc43)C2)CC1. The average molecular weight is 437 g/mol. The van der Waals surface area contributed by atoms with Crippen LogP contribution in [0.25, 0.3) is 10.9 Å². The number of hydrogen-bond acceptors (Lipinski definition) is 1. The summed E-state index contributed by atoms with van der Waals surface area (Å²) < 4.78 is 2.52. The van der Waals surface area contributed by atoms with Gasteiger partial charge in [-0.05, 0) is 61.3 Å². The zero-order valence-corrected chi connectivity index (χ0v) is 19.8. The second-order valence-corrected chi connectivity index (χ2v) is 11.1. The largest absolute Gasteiger partial charge is 0.328 e. The lowest BCUT2D eigenvalue weighted by molar-refractivity contribution is -1.000. The number of carbonyl (C=O) groups excluding carboxylic acids is 1. The maximum absolute atomic E-state index is 13.3. The van der Waals surface area contributed by atoms with E-state index in [9.17, 15) is 4.79 Å². The lowest BCUT2D eigenvalue weighted by atomic mass is 9.82. The first-order valence-electron chi connectivity index (χ1n) is 13.2. The zero-order valence-electron chi connectivity index (χ0n) is 19.8. The second kappa shape index (κ2) is 8.49. The molecule has 0 spiro atoms. The van der Waals surface area contributed by atoms with Gasteiger partial charge >= 0.3 is 0 Å². The van der Waals surface area contributed by atoms with Crippen LogP contribution in [0.5, 0.6) is 0 Å². The van der Waals surface area contributed by atoms with Gasteiger partial charge in [0.15, 0.2) is 6.54 Å². The highest BCUT2D eigenvalue weighted by atomic mass is 16.2. The number of nitrogens with one attached hydrogen (secondary N) is 2. The van der Waals surface area contributed by atoms with E-state index in [0.29, 0.717) is 18.4 Å². The summed E-state index contributed by atoms with van der Waals surface area (Å²) in [6.07, 6.45) is 10.6. The van der Waals surface area contributed by atoms with Crippen molar-refractivity contribution in [3.05, 3.63) is 35.0 Å². The molecule has 1 saturated carbocycles. The van der Waals surface area contributed by atoms with Crippen LogP contribution < -0.4 is 9.80 Å². The number of rotatable bonds is 3. The van der Waals surface area contributed by atoms with Crippen LogP contribution in [0, 0.1) is 0 Å². The number of nitrogens with zero attached hydrogens (tertiary/aromatic N) is 2. The minimum atomic E-state index is 0.359. The summed E-state index contributed by atoms with van der Waals surface area (Å²) in [5, 5.41) is 1.50. The molecule has 6 rings (SSSR count). The van der Waals surface area contributed by atoms with Gasteiger partial charge in [-0.15, -0.1) is 0 Å². The fourth-order valence-corrected chi connectivity index (χ4v) is 7.08. The summed E-state index contributed by atoms with van der Waals surface area (Å²) in [7, 11) is 2.27. The third kappa shape index (κ3) is 3.67. The second-order valence-electron chi connectivity index (χ2n) is 11.1. The van der Waals surface area contributed by atoms with E-state index in [1.54, 1.807) is 21.7 Å². The Labute approximate surface area is 192 Å². The first-order valence-corrected chi connectivity index (χ1v) is 13.2. The van der Waals surface area contributed by atoms with E-state index in [-0.39, 0.29) is 0 Å². The van der Waals surface area contributed by atoms with Crippen molar-refractivity contribution in [2.24, 2.45) is 0 Å². The Morgan fingerprint density at radius 3 is 2.59 bits per heavy atom. The van der Waals surface area contributed by atoms with Crippen molar-refractivity contribution in [3.63, 3.8) is 0 Å². The predicted molar refractivity (Wildman–Crippen MR) is 127 cm³/mol. The lowest BCUT2D eigenvalue weighted by Gasteiger charge is -2.38. The molecular weight excluding hydrogens is 396 g/mol. The van der Waals surface area contributed by atoms with Gasteiger partial charge in [-0.25, -0.2) is 0 Å². The van der Waals surface area contributed by atoms with Crippen molar-refractivity contribution in [1.29, 1.82) is 0 Å². The van der Waals surface area contributed by atoms with Gasteiger partial charge in [0.2, 0.25) is 0 Å². The summed E-state index contributed by atoms with van der Waals surface area (Å²) in [6, 6.07) is 7.33. The van der Waals surface area contributed by atoms with Gasteiger partial charge in [-0.1, -0.05) is 25.3 Å². The summed E-state index contributed by atoms with van der Waals surface area (Å²) in [6.45, 7) is 6.97. The Morgan fingerprint density at radius 1 is 1.00 bits per heavy atom. The molecule has 2 aliphatic heterocycles. The van der Waals surface area contributed by atoms with Crippen molar-refractivity contribution < 1.29 is 14.6 Å². The van der Waals surface area contributed by atoms with Gasteiger partial charge < -0.3 is 19.3 Å². The number of aryl methyl sites for hydroxylation is 1. The van der Waals surface area contributed by atoms with Crippen LogP contribution >= 0.6 is 0 Å². The van der Waals surface area contributed by atoms with Crippen molar-refractivity contribution in [3.8, 4) is 0 Å². The molecule has 2 N–H and O–H groups in total. The van der Waals surface area contributed by atoms with E-state index in [2.05, 4.69) is 34.7 Å². The number of likely N-dealkylation sites (N-methyl/N-ethyl adjacent to an activating group) is 1. The number of amides is 1. The molecule has 5 heteroatoms. The van der Waals surface area contributed by atoms with Crippen LogP contribution in [0.15, 0.2) is 18.2 Å². The van der Waals surface area contributed by atoms with E-state index in [1.165, 1.54) is 80.3 Å². The molecule has 5 nitrogen and oxygen atoms in total. The Hall–Kier alpha value is -1.85. The Balaban J connectivity index is 1.28. The van der Waals surface area contributed by atoms with Crippen molar-refractivity contribution in [1.82, 2.24) is 9.47 Å². The molecule has 0 radical (unpaired) electrons. The molecule has 172 valence electrons. The van der Waals surface area contributed by atoms with Gasteiger partial charge in [0.1, 0.15) is 26.2 Å².